The van der Waals surface area contributed by atoms with Gasteiger partial charge in [0.1, 0.15) is 12.3 Å². The molecule has 1 aliphatic heterocycles. The number of halogens is 1. The van der Waals surface area contributed by atoms with Gasteiger partial charge in [0.05, 0.1) is 30.8 Å². The molecule has 0 saturated carbocycles. The zero-order valence-electron chi connectivity index (χ0n) is 18.8. The van der Waals surface area contributed by atoms with Crippen LogP contribution in [0.3, 0.4) is 0 Å². The summed E-state index contributed by atoms with van der Waals surface area (Å²) in [5.74, 6) is 0.419. The molecule has 0 unspecified atom stereocenters. The van der Waals surface area contributed by atoms with Gasteiger partial charge in [-0.3, -0.25) is 14.5 Å². The largest absolute Gasteiger partial charge is 1.00 e. The minimum Gasteiger partial charge on any atom is -1.00 e. The molecule has 0 fully saturated rings. The van der Waals surface area contributed by atoms with Crippen LogP contribution in [0, 0.1) is 0 Å². The Balaban J connectivity index is 0.00000306. The van der Waals surface area contributed by atoms with E-state index in [9.17, 15) is 14.4 Å². The molecule has 33 heavy (non-hydrogen) atoms. The van der Waals surface area contributed by atoms with Crippen LogP contribution in [-0.2, 0) is 29.2 Å². The van der Waals surface area contributed by atoms with E-state index in [2.05, 4.69) is 9.13 Å². The Labute approximate surface area is 209 Å². The Bertz CT molecular complexity index is 1190. The SMILES string of the molecule is CCOC(=O)COc1ccc2c(c1)n(CC)c(CN1C(=O)c3ccccc3C1=O)[n+]2CC.[I-]. The highest BCUT2D eigenvalue weighted by Gasteiger charge is 2.38. The van der Waals surface area contributed by atoms with Crippen molar-refractivity contribution >= 4 is 28.8 Å². The van der Waals surface area contributed by atoms with E-state index in [0.29, 0.717) is 36.6 Å². The van der Waals surface area contributed by atoms with E-state index in [0.717, 1.165) is 16.9 Å². The van der Waals surface area contributed by atoms with Gasteiger partial charge < -0.3 is 33.5 Å². The molecule has 0 saturated heterocycles. The summed E-state index contributed by atoms with van der Waals surface area (Å²) in [5, 5.41) is 0. The van der Waals surface area contributed by atoms with Crippen LogP contribution in [0.1, 0.15) is 47.3 Å². The number of aromatic nitrogens is 2. The van der Waals surface area contributed by atoms with Crippen molar-refractivity contribution in [2.45, 2.75) is 40.4 Å². The minimum absolute atomic E-state index is 0. The van der Waals surface area contributed by atoms with Gasteiger partial charge >= 0.3 is 5.97 Å². The number of esters is 1. The fourth-order valence-corrected chi connectivity index (χ4v) is 4.21. The maximum absolute atomic E-state index is 12.9. The van der Waals surface area contributed by atoms with E-state index in [4.69, 9.17) is 9.47 Å². The Morgan fingerprint density at radius 2 is 1.67 bits per heavy atom. The number of benzene rings is 2. The molecule has 1 aliphatic rings. The summed E-state index contributed by atoms with van der Waals surface area (Å²) in [6.45, 7) is 7.40. The third-order valence-corrected chi connectivity index (χ3v) is 5.62. The number of imidazole rings is 1. The van der Waals surface area contributed by atoms with Gasteiger partial charge in [-0.1, -0.05) is 12.1 Å². The average Bonchev–Trinajstić information content (AvgIpc) is 3.24. The molecule has 0 radical (unpaired) electrons. The molecular formula is C24H26IN3O5. The van der Waals surface area contributed by atoms with Crippen LogP contribution in [0.25, 0.3) is 11.0 Å². The molecule has 0 atom stereocenters. The zero-order valence-corrected chi connectivity index (χ0v) is 21.0. The van der Waals surface area contributed by atoms with Gasteiger partial charge in [0.15, 0.2) is 17.6 Å². The first-order valence-electron chi connectivity index (χ1n) is 10.8. The number of hydrogen-bond acceptors (Lipinski definition) is 5. The summed E-state index contributed by atoms with van der Waals surface area (Å²) >= 11 is 0. The van der Waals surface area contributed by atoms with Crippen LogP contribution in [0.15, 0.2) is 42.5 Å². The summed E-state index contributed by atoms with van der Waals surface area (Å²) in [7, 11) is 0. The van der Waals surface area contributed by atoms with E-state index >= 15 is 0 Å². The molecule has 9 heteroatoms. The zero-order chi connectivity index (χ0) is 22.8. The number of imide groups is 1. The lowest BCUT2D eigenvalue weighted by atomic mass is 10.1. The molecule has 4 rings (SSSR count). The number of carbonyl (C=O) groups is 3. The summed E-state index contributed by atoms with van der Waals surface area (Å²) in [5.41, 5.74) is 2.75. The molecule has 0 N–H and O–H groups in total. The number of ether oxygens (including phenoxy) is 2. The van der Waals surface area contributed by atoms with E-state index < -0.39 is 5.97 Å². The third kappa shape index (κ3) is 4.46. The summed E-state index contributed by atoms with van der Waals surface area (Å²) in [6, 6.07) is 12.5. The van der Waals surface area contributed by atoms with Crippen LogP contribution in [0.2, 0.25) is 0 Å². The highest BCUT2D eigenvalue weighted by molar-refractivity contribution is 6.21. The lowest BCUT2D eigenvalue weighted by molar-refractivity contribution is -0.677. The molecule has 0 aliphatic carbocycles. The molecule has 2 amide bonds. The van der Waals surface area contributed by atoms with Gasteiger partial charge in [-0.2, -0.15) is 0 Å². The first-order valence-corrected chi connectivity index (χ1v) is 10.8. The van der Waals surface area contributed by atoms with Gasteiger partial charge in [-0.05, 0) is 45.0 Å². The smallest absolute Gasteiger partial charge is 0.344 e. The number of hydrogen-bond donors (Lipinski definition) is 0. The highest BCUT2D eigenvalue weighted by Crippen LogP contribution is 2.26. The van der Waals surface area contributed by atoms with Crippen LogP contribution in [0.5, 0.6) is 5.75 Å². The van der Waals surface area contributed by atoms with E-state index in [1.807, 2.05) is 26.0 Å². The van der Waals surface area contributed by atoms with E-state index in [1.165, 1.54) is 4.90 Å². The lowest BCUT2D eigenvalue weighted by Gasteiger charge is -2.12. The Kier molecular flexibility index (Phi) is 7.72. The van der Waals surface area contributed by atoms with Crippen molar-refractivity contribution in [1.82, 2.24) is 9.47 Å². The molecule has 3 aromatic rings. The van der Waals surface area contributed by atoms with Crippen molar-refractivity contribution in [1.29, 1.82) is 0 Å². The van der Waals surface area contributed by atoms with Crippen molar-refractivity contribution in [2.24, 2.45) is 0 Å². The number of rotatable bonds is 8. The second-order valence-corrected chi connectivity index (χ2v) is 7.39. The van der Waals surface area contributed by atoms with Gasteiger partial charge in [0, 0.05) is 6.07 Å². The highest BCUT2D eigenvalue weighted by atomic mass is 127. The second-order valence-electron chi connectivity index (χ2n) is 7.39. The predicted molar refractivity (Wildman–Crippen MR) is 116 cm³/mol. The normalized spacial score (nSPS) is 12.6. The van der Waals surface area contributed by atoms with Gasteiger partial charge in [-0.15, -0.1) is 0 Å². The maximum Gasteiger partial charge on any atom is 0.344 e. The standard InChI is InChI=1S/C24H26N3O5.HI/c1-4-25-19-12-11-16(32-15-22(28)31-6-3)13-20(19)26(5-2)21(25)14-27-23(29)17-9-7-8-10-18(17)24(27)30;/h7-13H,4-6,14-15H2,1-3H3;1H/q+1;/p-1. The van der Waals surface area contributed by atoms with Crippen molar-refractivity contribution in [2.75, 3.05) is 13.2 Å². The monoisotopic (exact) mass is 563 g/mol. The molecule has 0 spiro atoms. The first-order chi connectivity index (χ1) is 15.5. The Morgan fingerprint density at radius 1 is 1.00 bits per heavy atom. The number of nitrogens with zero attached hydrogens (tertiary/aromatic N) is 3. The number of fused-ring (bicyclic) bond motifs is 2. The van der Waals surface area contributed by atoms with Crippen LogP contribution < -0.4 is 33.3 Å². The van der Waals surface area contributed by atoms with Crippen molar-refractivity contribution in [3.05, 3.63) is 59.4 Å². The van der Waals surface area contributed by atoms with Crippen LogP contribution in [-0.4, -0.2) is 40.5 Å². The lowest BCUT2D eigenvalue weighted by Crippen LogP contribution is -3.00. The molecular weight excluding hydrogens is 537 g/mol. The molecule has 2 aromatic carbocycles. The van der Waals surface area contributed by atoms with Crippen LogP contribution >= 0.6 is 0 Å². The minimum atomic E-state index is -0.423. The number of amides is 2. The van der Waals surface area contributed by atoms with Gasteiger partial charge in [0.25, 0.3) is 17.6 Å². The molecule has 2 heterocycles. The fourth-order valence-electron chi connectivity index (χ4n) is 4.21. The van der Waals surface area contributed by atoms with E-state index in [1.54, 1.807) is 37.3 Å². The van der Waals surface area contributed by atoms with Crippen LogP contribution in [0.4, 0.5) is 0 Å². The van der Waals surface area contributed by atoms with E-state index in [-0.39, 0.29) is 48.9 Å². The summed E-state index contributed by atoms with van der Waals surface area (Å²) in [4.78, 5) is 38.7. The molecule has 174 valence electrons. The van der Waals surface area contributed by atoms with Crippen molar-refractivity contribution < 1.29 is 52.4 Å². The fraction of sp³-hybridized carbons (Fsp3) is 0.333. The molecule has 0 bridgehead atoms. The maximum atomic E-state index is 12.9. The predicted octanol–water partition coefficient (Wildman–Crippen LogP) is -0.289. The van der Waals surface area contributed by atoms with Crippen molar-refractivity contribution in [3.63, 3.8) is 0 Å². The summed E-state index contributed by atoms with van der Waals surface area (Å²) < 4.78 is 14.7. The van der Waals surface area contributed by atoms with Gasteiger partial charge in [0.2, 0.25) is 0 Å². The average molecular weight is 563 g/mol. The first kappa shape index (κ1) is 24.7. The second kappa shape index (κ2) is 10.3. The Morgan fingerprint density at radius 3 is 2.24 bits per heavy atom. The Hall–Kier alpha value is -2.95. The topological polar surface area (TPSA) is 81.7 Å². The molecule has 1 aromatic heterocycles. The van der Waals surface area contributed by atoms with Crippen molar-refractivity contribution in [3.8, 4) is 5.75 Å². The number of aryl methyl sites for hydroxylation is 2. The summed E-state index contributed by atoms with van der Waals surface area (Å²) in [6.07, 6.45) is 0. The van der Waals surface area contributed by atoms with Gasteiger partial charge in [-0.25, -0.2) is 13.9 Å². The number of carbonyl (C=O) groups excluding carboxylic acids is 3. The quantitative estimate of drug-likeness (QED) is 0.163. The third-order valence-electron chi connectivity index (χ3n) is 5.62. The molecule has 8 nitrogen and oxygen atoms in total.